The maximum absolute atomic E-state index is 13.5. The van der Waals surface area contributed by atoms with Gasteiger partial charge in [-0.2, -0.15) is 5.26 Å². The maximum atomic E-state index is 13.5. The van der Waals surface area contributed by atoms with Crippen molar-refractivity contribution in [2.24, 2.45) is 0 Å². The van der Waals surface area contributed by atoms with Crippen molar-refractivity contribution in [1.29, 1.82) is 5.26 Å². The molecule has 4 rings (SSSR count). The fraction of sp³-hybridized carbons (Fsp3) is 0.375. The van der Waals surface area contributed by atoms with Gasteiger partial charge in [-0.3, -0.25) is 9.69 Å². The van der Waals surface area contributed by atoms with E-state index in [4.69, 9.17) is 14.2 Å². The second-order valence-electron chi connectivity index (χ2n) is 10.8. The first-order valence-electron chi connectivity index (χ1n) is 13.7. The number of nitriles is 1. The monoisotopic (exact) mass is 556 g/mol. The van der Waals surface area contributed by atoms with E-state index in [1.807, 2.05) is 43.3 Å². The summed E-state index contributed by atoms with van der Waals surface area (Å²) in [4.78, 5) is 32.5. The first-order valence-corrected chi connectivity index (χ1v) is 13.7. The van der Waals surface area contributed by atoms with Crippen molar-refractivity contribution in [3.63, 3.8) is 0 Å². The predicted molar refractivity (Wildman–Crippen MR) is 158 cm³/mol. The number of carbonyl (C=O) groups excluding carboxylic acids is 2. The van der Waals surface area contributed by atoms with E-state index < -0.39 is 11.7 Å². The van der Waals surface area contributed by atoms with Gasteiger partial charge in [0, 0.05) is 35.8 Å². The Hall–Kier alpha value is -4.42. The van der Waals surface area contributed by atoms with Crippen LogP contribution in [0.4, 0.5) is 10.5 Å². The van der Waals surface area contributed by atoms with Crippen LogP contribution in [0.15, 0.2) is 60.7 Å². The molecule has 2 aromatic carbocycles. The Balaban J connectivity index is 1.79. The van der Waals surface area contributed by atoms with Gasteiger partial charge in [0.25, 0.3) is 5.91 Å². The molecular formula is C32H36N4O5. The zero-order chi connectivity index (χ0) is 29.6. The van der Waals surface area contributed by atoms with Gasteiger partial charge in [-0.05, 0) is 70.2 Å². The highest BCUT2D eigenvalue weighted by Gasteiger charge is 2.28. The Morgan fingerprint density at radius 1 is 1.17 bits per heavy atom. The summed E-state index contributed by atoms with van der Waals surface area (Å²) in [6.07, 6.45) is 0.915. The number of fused-ring (bicyclic) bond motifs is 1. The molecule has 2 amide bonds. The Bertz CT molecular complexity index is 1480. The van der Waals surface area contributed by atoms with Crippen LogP contribution < -0.4 is 15.0 Å². The van der Waals surface area contributed by atoms with Gasteiger partial charge in [-0.1, -0.05) is 30.8 Å². The van der Waals surface area contributed by atoms with E-state index in [0.717, 1.165) is 23.8 Å². The molecule has 0 atom stereocenters. The lowest BCUT2D eigenvalue weighted by Crippen LogP contribution is -2.39. The zero-order valence-corrected chi connectivity index (χ0v) is 24.0. The molecule has 2 heterocycles. The third-order valence-corrected chi connectivity index (χ3v) is 6.48. The molecule has 0 saturated carbocycles. The Morgan fingerprint density at radius 2 is 1.90 bits per heavy atom. The third-order valence-electron chi connectivity index (χ3n) is 6.48. The zero-order valence-electron chi connectivity index (χ0n) is 24.0. The quantitative estimate of drug-likeness (QED) is 0.337. The second-order valence-corrected chi connectivity index (χ2v) is 10.8. The summed E-state index contributed by atoms with van der Waals surface area (Å²) in [5.74, 6) is 0.233. The molecule has 1 aliphatic heterocycles. The molecule has 9 heteroatoms. The van der Waals surface area contributed by atoms with Gasteiger partial charge < -0.3 is 19.5 Å². The van der Waals surface area contributed by atoms with E-state index in [9.17, 15) is 14.9 Å². The molecule has 41 heavy (non-hydrogen) atoms. The average molecular weight is 557 g/mol. The molecule has 1 N–H and O–H groups in total. The molecule has 214 valence electrons. The van der Waals surface area contributed by atoms with Gasteiger partial charge in [0.05, 0.1) is 30.6 Å². The van der Waals surface area contributed by atoms with Crippen LogP contribution in [-0.2, 0) is 9.47 Å². The lowest BCUT2D eigenvalue weighted by molar-refractivity contribution is 0.0582. The van der Waals surface area contributed by atoms with E-state index in [1.165, 1.54) is 4.90 Å². The van der Waals surface area contributed by atoms with Crippen LogP contribution in [0.3, 0.4) is 0 Å². The van der Waals surface area contributed by atoms with Crippen molar-refractivity contribution in [2.75, 3.05) is 31.3 Å². The van der Waals surface area contributed by atoms with Crippen molar-refractivity contribution in [3.8, 4) is 23.1 Å². The highest BCUT2D eigenvalue weighted by molar-refractivity contribution is 6.06. The normalized spacial score (nSPS) is 13.7. The van der Waals surface area contributed by atoms with E-state index in [0.29, 0.717) is 48.0 Å². The number of hydrogen-bond donors (Lipinski definition) is 1. The number of pyridine rings is 1. The van der Waals surface area contributed by atoms with Gasteiger partial charge in [-0.15, -0.1) is 0 Å². The van der Waals surface area contributed by atoms with Gasteiger partial charge in [0.15, 0.2) is 0 Å². The predicted octanol–water partition coefficient (Wildman–Crippen LogP) is 6.03. The third kappa shape index (κ3) is 7.41. The number of hydrogen-bond acceptors (Lipinski definition) is 7. The second kappa shape index (κ2) is 12.8. The van der Waals surface area contributed by atoms with Gasteiger partial charge >= 0.3 is 6.09 Å². The fourth-order valence-electron chi connectivity index (χ4n) is 4.59. The highest BCUT2D eigenvalue weighted by atomic mass is 16.6. The standard InChI is InChI=1S/C32H36N4O5/c1-6-40-28-13-12-22-10-11-23(26-8-7-9-27(35-26)30(37)34-24-14-16-39-17-15-24)18-25(22)29(28)36(20-21(2)19-33)31(38)41-32(3,4)5/h7-13,18,24H,2,6,14-17,20H2,1,3-5H3,(H,34,37). The summed E-state index contributed by atoms with van der Waals surface area (Å²) in [5, 5.41) is 14.1. The minimum Gasteiger partial charge on any atom is -0.492 e. The van der Waals surface area contributed by atoms with Crippen molar-refractivity contribution >= 4 is 28.5 Å². The van der Waals surface area contributed by atoms with Crippen molar-refractivity contribution in [1.82, 2.24) is 10.3 Å². The summed E-state index contributed by atoms with van der Waals surface area (Å²) >= 11 is 0. The number of rotatable bonds is 8. The summed E-state index contributed by atoms with van der Waals surface area (Å²) in [5.41, 5.74) is 1.56. The van der Waals surface area contributed by atoms with E-state index >= 15 is 0 Å². The summed E-state index contributed by atoms with van der Waals surface area (Å²) < 4.78 is 17.1. The number of nitrogens with one attached hydrogen (secondary N) is 1. The number of anilines is 1. The first kappa shape index (κ1) is 29.6. The van der Waals surface area contributed by atoms with Crippen molar-refractivity contribution in [3.05, 3.63) is 66.4 Å². The van der Waals surface area contributed by atoms with Crippen LogP contribution in [0.2, 0.25) is 0 Å². The molecule has 1 saturated heterocycles. The Kier molecular flexibility index (Phi) is 9.25. The van der Waals surface area contributed by atoms with E-state index in [2.05, 4.69) is 16.9 Å². The minimum atomic E-state index is -0.763. The SMILES string of the molecule is C=C(C#N)CN(C(=O)OC(C)(C)C)c1c(OCC)ccc2ccc(-c3cccc(C(=O)NC4CCOCC4)n3)cc12. The molecule has 1 aromatic heterocycles. The average Bonchev–Trinajstić information content (AvgIpc) is 2.95. The lowest BCUT2D eigenvalue weighted by Gasteiger charge is -2.29. The number of aromatic nitrogens is 1. The molecule has 1 aliphatic rings. The Morgan fingerprint density at radius 3 is 2.59 bits per heavy atom. The van der Waals surface area contributed by atoms with Gasteiger partial charge in [0.1, 0.15) is 17.0 Å². The van der Waals surface area contributed by atoms with Crippen LogP contribution in [-0.4, -0.2) is 55.0 Å². The summed E-state index contributed by atoms with van der Waals surface area (Å²) in [6, 6.07) is 16.9. The fourth-order valence-corrected chi connectivity index (χ4v) is 4.59. The summed E-state index contributed by atoms with van der Waals surface area (Å²) in [6.45, 7) is 12.6. The summed E-state index contributed by atoms with van der Waals surface area (Å²) in [7, 11) is 0. The molecule has 3 aromatic rings. The van der Waals surface area contributed by atoms with Gasteiger partial charge in [-0.25, -0.2) is 9.78 Å². The lowest BCUT2D eigenvalue weighted by atomic mass is 10.0. The number of nitrogens with zero attached hydrogens (tertiary/aromatic N) is 3. The van der Waals surface area contributed by atoms with Crippen LogP contribution in [0.5, 0.6) is 5.75 Å². The maximum Gasteiger partial charge on any atom is 0.415 e. The molecule has 1 fully saturated rings. The number of benzene rings is 2. The highest BCUT2D eigenvalue weighted by Crippen LogP contribution is 2.39. The van der Waals surface area contributed by atoms with E-state index in [1.54, 1.807) is 39.0 Å². The largest absolute Gasteiger partial charge is 0.492 e. The van der Waals surface area contributed by atoms with Crippen molar-refractivity contribution < 1.29 is 23.8 Å². The van der Waals surface area contributed by atoms with Crippen LogP contribution in [0.25, 0.3) is 22.0 Å². The molecule has 0 bridgehead atoms. The minimum absolute atomic E-state index is 0.0592. The van der Waals surface area contributed by atoms with Crippen LogP contribution in [0, 0.1) is 11.3 Å². The molecule has 0 spiro atoms. The molecule has 9 nitrogen and oxygen atoms in total. The van der Waals surface area contributed by atoms with Gasteiger partial charge in [0.2, 0.25) is 0 Å². The first-order chi connectivity index (χ1) is 19.6. The van der Waals surface area contributed by atoms with Crippen molar-refractivity contribution in [2.45, 2.75) is 52.2 Å². The van der Waals surface area contributed by atoms with Crippen LogP contribution in [0.1, 0.15) is 51.0 Å². The molecule has 0 radical (unpaired) electrons. The van der Waals surface area contributed by atoms with Crippen LogP contribution >= 0.6 is 0 Å². The van der Waals surface area contributed by atoms with E-state index in [-0.39, 0.29) is 24.1 Å². The molecular weight excluding hydrogens is 520 g/mol. The number of carbonyl (C=O) groups is 2. The number of ether oxygens (including phenoxy) is 3. The topological polar surface area (TPSA) is 114 Å². The smallest absolute Gasteiger partial charge is 0.415 e. The molecule has 0 aliphatic carbocycles. The molecule has 0 unspecified atom stereocenters. The number of amides is 2. The Labute approximate surface area is 240 Å².